The molecule has 0 unspecified atom stereocenters. The van der Waals surface area contributed by atoms with Gasteiger partial charge in [0.1, 0.15) is 0 Å². The zero-order valence-corrected chi connectivity index (χ0v) is 32.3. The lowest BCUT2D eigenvalue weighted by Crippen LogP contribution is -2.06. The van der Waals surface area contributed by atoms with Gasteiger partial charge < -0.3 is 4.57 Å². The quantitative estimate of drug-likeness (QED) is 0.161. The van der Waals surface area contributed by atoms with Crippen LogP contribution in [0.1, 0.15) is 0 Å². The molecule has 0 aliphatic carbocycles. The highest BCUT2D eigenvalue weighted by Gasteiger charge is 2.21. The zero-order chi connectivity index (χ0) is 39.5. The van der Waals surface area contributed by atoms with Gasteiger partial charge in [0, 0.05) is 38.4 Å². The summed E-state index contributed by atoms with van der Waals surface area (Å²) < 4.78 is 31.3. The van der Waals surface area contributed by atoms with Crippen molar-refractivity contribution in [3.05, 3.63) is 200 Å². The average Bonchev–Trinajstić information content (AvgIpc) is 3.82. The molecule has 0 saturated heterocycles. The van der Waals surface area contributed by atoms with E-state index < -0.39 is 9.84 Å². The molecule has 0 bridgehead atoms. The van der Waals surface area contributed by atoms with E-state index in [9.17, 15) is 8.42 Å². The highest BCUT2D eigenvalue weighted by molar-refractivity contribution is 7.91. The summed E-state index contributed by atoms with van der Waals surface area (Å²) in [6, 6.07) is 65.8. The number of benzene rings is 8. The van der Waals surface area contributed by atoms with Gasteiger partial charge in [-0.1, -0.05) is 121 Å². The van der Waals surface area contributed by atoms with Crippen LogP contribution in [0.3, 0.4) is 0 Å². The first-order chi connectivity index (χ1) is 29.0. The van der Waals surface area contributed by atoms with Crippen LogP contribution in [0.15, 0.2) is 210 Å². The average molecular weight is 780 g/mol. The standard InChI is InChI=1S/C51H33N5O2S/c57-59(58,39-18-8-3-9-19-39)40-28-24-35(25-29-40)50-52-49(34-14-4-1-5-15-34)53-51(54-50)56-46-23-13-11-21-42(46)44-32-36(27-31-47(44)56)37-26-30-43-41-20-10-12-22-45(41)55(48(43)33-37)38-16-6-2-7-17-38/h1-33H. The molecule has 0 aliphatic heterocycles. The maximum Gasteiger partial charge on any atom is 0.238 e. The minimum absolute atomic E-state index is 0.198. The molecule has 7 nitrogen and oxygen atoms in total. The van der Waals surface area contributed by atoms with Crippen molar-refractivity contribution >= 4 is 53.4 Å². The SMILES string of the molecule is O=S(=O)(c1ccccc1)c1ccc(-c2nc(-c3ccccc3)nc(-n3c4ccccc4c4cc(-c5ccc6c7ccccc7n(-c7ccccc7)c6c5)ccc43)n2)cc1. The molecule has 280 valence electrons. The third-order valence-corrected chi connectivity index (χ3v) is 12.8. The van der Waals surface area contributed by atoms with Gasteiger partial charge >= 0.3 is 0 Å². The number of nitrogens with zero attached hydrogens (tertiary/aromatic N) is 5. The Balaban J connectivity index is 1.07. The summed E-state index contributed by atoms with van der Waals surface area (Å²) in [7, 11) is -3.70. The van der Waals surface area contributed by atoms with E-state index in [-0.39, 0.29) is 9.79 Å². The molecule has 8 heteroatoms. The number of para-hydroxylation sites is 3. The van der Waals surface area contributed by atoms with Gasteiger partial charge in [-0.15, -0.1) is 0 Å². The molecule has 8 aromatic carbocycles. The highest BCUT2D eigenvalue weighted by Crippen LogP contribution is 2.38. The van der Waals surface area contributed by atoms with E-state index in [0.29, 0.717) is 23.2 Å². The van der Waals surface area contributed by atoms with Gasteiger partial charge in [-0.25, -0.2) is 13.4 Å². The monoisotopic (exact) mass is 779 g/mol. The van der Waals surface area contributed by atoms with Crippen LogP contribution in [0.4, 0.5) is 0 Å². The molecule has 3 aromatic heterocycles. The summed E-state index contributed by atoms with van der Waals surface area (Å²) in [6.07, 6.45) is 0. The van der Waals surface area contributed by atoms with Crippen LogP contribution >= 0.6 is 0 Å². The van der Waals surface area contributed by atoms with Crippen LogP contribution in [0.5, 0.6) is 0 Å². The van der Waals surface area contributed by atoms with Crippen molar-refractivity contribution in [3.63, 3.8) is 0 Å². The summed E-state index contributed by atoms with van der Waals surface area (Å²) in [4.78, 5) is 15.5. The van der Waals surface area contributed by atoms with Gasteiger partial charge in [-0.2, -0.15) is 9.97 Å². The molecule has 0 atom stereocenters. The lowest BCUT2D eigenvalue weighted by molar-refractivity contribution is 0.596. The Kier molecular flexibility index (Phi) is 8.06. The first-order valence-electron chi connectivity index (χ1n) is 19.4. The predicted molar refractivity (Wildman–Crippen MR) is 237 cm³/mol. The summed E-state index contributed by atoms with van der Waals surface area (Å²) in [6.45, 7) is 0. The smallest absolute Gasteiger partial charge is 0.238 e. The second kappa shape index (κ2) is 13.8. The Bertz CT molecular complexity index is 3490. The summed E-state index contributed by atoms with van der Waals surface area (Å²) >= 11 is 0. The van der Waals surface area contributed by atoms with Crippen LogP contribution < -0.4 is 0 Å². The molecule has 0 saturated carbocycles. The third-order valence-electron chi connectivity index (χ3n) is 11.0. The largest absolute Gasteiger partial charge is 0.309 e. The number of fused-ring (bicyclic) bond motifs is 6. The molecule has 0 N–H and O–H groups in total. The van der Waals surface area contributed by atoms with Gasteiger partial charge in [-0.05, 0) is 90.0 Å². The number of rotatable bonds is 7. The Morgan fingerprint density at radius 1 is 0.339 bits per heavy atom. The van der Waals surface area contributed by atoms with Crippen LogP contribution in [-0.4, -0.2) is 32.5 Å². The molecule has 11 rings (SSSR count). The van der Waals surface area contributed by atoms with Crippen LogP contribution in [-0.2, 0) is 9.84 Å². The minimum atomic E-state index is -3.70. The second-order valence-electron chi connectivity index (χ2n) is 14.5. The van der Waals surface area contributed by atoms with Crippen molar-refractivity contribution in [2.75, 3.05) is 0 Å². The zero-order valence-electron chi connectivity index (χ0n) is 31.5. The van der Waals surface area contributed by atoms with E-state index >= 15 is 0 Å². The molecule has 11 aromatic rings. The van der Waals surface area contributed by atoms with Crippen molar-refractivity contribution < 1.29 is 8.42 Å². The van der Waals surface area contributed by atoms with Gasteiger partial charge in [0.25, 0.3) is 0 Å². The topological polar surface area (TPSA) is 82.7 Å². The van der Waals surface area contributed by atoms with Crippen LogP contribution in [0, 0.1) is 0 Å². The fourth-order valence-electron chi connectivity index (χ4n) is 8.20. The number of hydrogen-bond donors (Lipinski definition) is 0. The lowest BCUT2D eigenvalue weighted by atomic mass is 10.0. The molecule has 0 radical (unpaired) electrons. The molecule has 0 spiro atoms. The van der Waals surface area contributed by atoms with Crippen LogP contribution in [0.2, 0.25) is 0 Å². The van der Waals surface area contributed by atoms with Crippen molar-refractivity contribution in [2.45, 2.75) is 9.79 Å². The van der Waals surface area contributed by atoms with Crippen molar-refractivity contribution in [3.8, 4) is 45.5 Å². The number of hydrogen-bond acceptors (Lipinski definition) is 5. The molecule has 3 heterocycles. The van der Waals surface area contributed by atoms with Gasteiger partial charge in [0.05, 0.1) is 31.9 Å². The first-order valence-corrected chi connectivity index (χ1v) is 20.8. The van der Waals surface area contributed by atoms with E-state index in [4.69, 9.17) is 15.0 Å². The van der Waals surface area contributed by atoms with Crippen molar-refractivity contribution in [2.24, 2.45) is 0 Å². The third kappa shape index (κ3) is 5.80. The summed E-state index contributed by atoms with van der Waals surface area (Å²) in [5.41, 5.74) is 9.07. The normalized spacial score (nSPS) is 11.9. The van der Waals surface area contributed by atoms with E-state index in [1.54, 1.807) is 54.6 Å². The molecule has 0 fully saturated rings. The first kappa shape index (κ1) is 34.6. The Labute approximate surface area is 340 Å². The Morgan fingerprint density at radius 3 is 1.51 bits per heavy atom. The molecule has 0 amide bonds. The van der Waals surface area contributed by atoms with Crippen molar-refractivity contribution in [1.82, 2.24) is 24.1 Å². The lowest BCUT2D eigenvalue weighted by Gasteiger charge is -2.12. The van der Waals surface area contributed by atoms with Crippen molar-refractivity contribution in [1.29, 1.82) is 0 Å². The number of sulfone groups is 1. The summed E-state index contributed by atoms with van der Waals surface area (Å²) in [5, 5.41) is 4.57. The Hall–Kier alpha value is -7.68. The van der Waals surface area contributed by atoms with E-state index in [2.05, 4.69) is 112 Å². The van der Waals surface area contributed by atoms with E-state index in [0.717, 1.165) is 49.7 Å². The number of aromatic nitrogens is 5. The fourth-order valence-corrected chi connectivity index (χ4v) is 9.48. The highest BCUT2D eigenvalue weighted by atomic mass is 32.2. The fraction of sp³-hybridized carbons (Fsp3) is 0. The molecule has 59 heavy (non-hydrogen) atoms. The maximum atomic E-state index is 13.4. The predicted octanol–water partition coefficient (Wildman–Crippen LogP) is 11.9. The minimum Gasteiger partial charge on any atom is -0.309 e. The molecular formula is C51H33N5O2S. The van der Waals surface area contributed by atoms with E-state index in [1.165, 1.54) is 16.3 Å². The Morgan fingerprint density at radius 2 is 0.814 bits per heavy atom. The second-order valence-corrected chi connectivity index (χ2v) is 16.4. The van der Waals surface area contributed by atoms with Crippen LogP contribution in [0.25, 0.3) is 89.2 Å². The van der Waals surface area contributed by atoms with Gasteiger partial charge in [0.15, 0.2) is 11.6 Å². The van der Waals surface area contributed by atoms with E-state index in [1.807, 2.05) is 42.5 Å². The maximum absolute atomic E-state index is 13.4. The van der Waals surface area contributed by atoms with Gasteiger partial charge in [-0.3, -0.25) is 4.57 Å². The molecule has 0 aliphatic rings. The van der Waals surface area contributed by atoms with Gasteiger partial charge in [0.2, 0.25) is 15.8 Å². The summed E-state index contributed by atoms with van der Waals surface area (Å²) in [5.74, 6) is 1.40. The molecular weight excluding hydrogens is 747 g/mol.